The second kappa shape index (κ2) is 7.41. The zero-order chi connectivity index (χ0) is 18.6. The Hall–Kier alpha value is -3.47. The molecule has 2 heterocycles. The molecule has 0 bridgehead atoms. The molecule has 5 nitrogen and oxygen atoms in total. The highest BCUT2D eigenvalue weighted by Gasteiger charge is 2.21. The number of hydrogen-bond acceptors (Lipinski definition) is 3. The lowest BCUT2D eigenvalue weighted by Crippen LogP contribution is -2.35. The van der Waals surface area contributed by atoms with Crippen LogP contribution in [0.5, 0.6) is 0 Å². The molecule has 2 amide bonds. The Bertz CT molecular complexity index is 986. The number of pyridine rings is 1. The lowest BCUT2D eigenvalue weighted by Gasteiger charge is -2.29. The highest BCUT2D eigenvalue weighted by Crippen LogP contribution is 2.21. The fourth-order valence-electron chi connectivity index (χ4n) is 3.28. The number of anilines is 1. The SMILES string of the molecule is O=C(Nc1cccc(C(=O)N2CCc3ccccc3C2)c1)c1cccnc1. The molecule has 0 spiro atoms. The molecule has 0 unspecified atom stereocenters. The minimum Gasteiger partial charge on any atom is -0.334 e. The molecular formula is C22H19N3O2. The van der Waals surface area contributed by atoms with E-state index in [1.54, 1.807) is 42.6 Å². The second-order valence-corrected chi connectivity index (χ2v) is 6.52. The van der Waals surface area contributed by atoms with Gasteiger partial charge in [0.15, 0.2) is 0 Å². The number of carbonyl (C=O) groups excluding carboxylic acids is 2. The highest BCUT2D eigenvalue weighted by atomic mass is 16.2. The van der Waals surface area contributed by atoms with Gasteiger partial charge in [-0.2, -0.15) is 0 Å². The Labute approximate surface area is 157 Å². The summed E-state index contributed by atoms with van der Waals surface area (Å²) in [6.07, 6.45) is 3.99. The molecule has 4 rings (SSSR count). The average Bonchev–Trinajstić information content (AvgIpc) is 2.73. The van der Waals surface area contributed by atoms with Gasteiger partial charge in [-0.3, -0.25) is 14.6 Å². The van der Waals surface area contributed by atoms with Gasteiger partial charge in [0.1, 0.15) is 0 Å². The van der Waals surface area contributed by atoms with E-state index in [4.69, 9.17) is 0 Å². The van der Waals surface area contributed by atoms with E-state index in [-0.39, 0.29) is 11.8 Å². The van der Waals surface area contributed by atoms with Crippen LogP contribution in [0.2, 0.25) is 0 Å². The summed E-state index contributed by atoms with van der Waals surface area (Å²) in [5, 5.41) is 2.82. The lowest BCUT2D eigenvalue weighted by molar-refractivity contribution is 0.0734. The van der Waals surface area contributed by atoms with Crippen molar-refractivity contribution in [1.29, 1.82) is 0 Å². The summed E-state index contributed by atoms with van der Waals surface area (Å²) in [6.45, 7) is 1.31. The largest absolute Gasteiger partial charge is 0.334 e. The fraction of sp³-hybridized carbons (Fsp3) is 0.136. The number of nitrogens with zero attached hydrogens (tertiary/aromatic N) is 2. The maximum absolute atomic E-state index is 12.9. The van der Waals surface area contributed by atoms with Gasteiger partial charge in [0, 0.05) is 36.7 Å². The minimum absolute atomic E-state index is 0.0259. The first-order valence-corrected chi connectivity index (χ1v) is 8.88. The highest BCUT2D eigenvalue weighted by molar-refractivity contribution is 6.04. The smallest absolute Gasteiger partial charge is 0.257 e. The van der Waals surface area contributed by atoms with Crippen molar-refractivity contribution in [3.63, 3.8) is 0 Å². The summed E-state index contributed by atoms with van der Waals surface area (Å²) < 4.78 is 0. The van der Waals surface area contributed by atoms with E-state index in [9.17, 15) is 9.59 Å². The predicted molar refractivity (Wildman–Crippen MR) is 104 cm³/mol. The second-order valence-electron chi connectivity index (χ2n) is 6.52. The van der Waals surface area contributed by atoms with Crippen LogP contribution in [0.4, 0.5) is 5.69 Å². The third kappa shape index (κ3) is 3.72. The Morgan fingerprint density at radius 2 is 1.74 bits per heavy atom. The topological polar surface area (TPSA) is 62.3 Å². The molecule has 0 fully saturated rings. The predicted octanol–water partition coefficient (Wildman–Crippen LogP) is 3.53. The van der Waals surface area contributed by atoms with Crippen molar-refractivity contribution in [2.45, 2.75) is 13.0 Å². The van der Waals surface area contributed by atoms with Gasteiger partial charge in [-0.05, 0) is 47.9 Å². The molecule has 27 heavy (non-hydrogen) atoms. The van der Waals surface area contributed by atoms with Crippen LogP contribution in [0.3, 0.4) is 0 Å². The summed E-state index contributed by atoms with van der Waals surface area (Å²) >= 11 is 0. The van der Waals surface area contributed by atoms with E-state index >= 15 is 0 Å². The quantitative estimate of drug-likeness (QED) is 0.780. The van der Waals surface area contributed by atoms with Crippen LogP contribution < -0.4 is 5.32 Å². The van der Waals surface area contributed by atoms with Crippen LogP contribution in [0, 0.1) is 0 Å². The third-order valence-corrected chi connectivity index (χ3v) is 4.71. The molecule has 0 atom stereocenters. The molecule has 1 aliphatic heterocycles. The first kappa shape index (κ1) is 17.0. The van der Waals surface area contributed by atoms with Crippen molar-refractivity contribution in [2.24, 2.45) is 0 Å². The molecule has 134 valence electrons. The van der Waals surface area contributed by atoms with Gasteiger partial charge >= 0.3 is 0 Å². The number of fused-ring (bicyclic) bond motifs is 1. The first-order valence-electron chi connectivity index (χ1n) is 8.88. The Morgan fingerprint density at radius 3 is 2.56 bits per heavy atom. The van der Waals surface area contributed by atoms with Gasteiger partial charge < -0.3 is 10.2 Å². The lowest BCUT2D eigenvalue weighted by atomic mass is 9.99. The zero-order valence-electron chi connectivity index (χ0n) is 14.8. The van der Waals surface area contributed by atoms with Crippen LogP contribution in [-0.2, 0) is 13.0 Å². The molecule has 0 saturated carbocycles. The average molecular weight is 357 g/mol. The van der Waals surface area contributed by atoms with Crippen LogP contribution in [0.25, 0.3) is 0 Å². The minimum atomic E-state index is -0.250. The standard InChI is InChI=1S/C22H19N3O2/c26-21(18-8-4-11-23-14-18)24-20-9-3-7-17(13-20)22(27)25-12-10-16-5-1-2-6-19(16)15-25/h1-9,11,13-14H,10,12,15H2,(H,24,26). The number of amides is 2. The van der Waals surface area contributed by atoms with Gasteiger partial charge in [-0.15, -0.1) is 0 Å². The van der Waals surface area contributed by atoms with E-state index in [0.717, 1.165) is 6.42 Å². The summed E-state index contributed by atoms with van der Waals surface area (Å²) in [5.41, 5.74) is 4.13. The number of benzene rings is 2. The molecule has 1 aromatic heterocycles. The van der Waals surface area contributed by atoms with Crippen molar-refractivity contribution in [1.82, 2.24) is 9.88 Å². The molecule has 1 aliphatic rings. The van der Waals surface area contributed by atoms with Crippen molar-refractivity contribution in [3.05, 3.63) is 95.3 Å². The maximum atomic E-state index is 12.9. The normalized spacial score (nSPS) is 13.0. The van der Waals surface area contributed by atoms with Crippen molar-refractivity contribution in [2.75, 3.05) is 11.9 Å². The van der Waals surface area contributed by atoms with Crippen molar-refractivity contribution >= 4 is 17.5 Å². The number of aromatic nitrogens is 1. The molecular weight excluding hydrogens is 338 g/mol. The summed E-state index contributed by atoms with van der Waals surface area (Å²) in [6, 6.07) is 18.7. The Morgan fingerprint density at radius 1 is 0.926 bits per heavy atom. The van der Waals surface area contributed by atoms with E-state index < -0.39 is 0 Å². The third-order valence-electron chi connectivity index (χ3n) is 4.71. The fourth-order valence-corrected chi connectivity index (χ4v) is 3.28. The monoisotopic (exact) mass is 357 g/mol. The Kier molecular flexibility index (Phi) is 4.66. The van der Waals surface area contributed by atoms with E-state index in [0.29, 0.717) is 29.9 Å². The van der Waals surface area contributed by atoms with Crippen LogP contribution in [-0.4, -0.2) is 28.2 Å². The maximum Gasteiger partial charge on any atom is 0.257 e. The Balaban J connectivity index is 1.49. The van der Waals surface area contributed by atoms with Gasteiger partial charge in [0.25, 0.3) is 11.8 Å². The molecule has 1 N–H and O–H groups in total. The summed E-state index contributed by atoms with van der Waals surface area (Å²) in [4.78, 5) is 31.0. The van der Waals surface area contributed by atoms with Crippen LogP contribution in [0.1, 0.15) is 31.8 Å². The molecule has 0 aliphatic carbocycles. The van der Waals surface area contributed by atoms with Gasteiger partial charge in [-0.1, -0.05) is 30.3 Å². The summed E-state index contributed by atoms with van der Waals surface area (Å²) in [5.74, 6) is -0.276. The number of carbonyl (C=O) groups is 2. The van der Waals surface area contributed by atoms with E-state index in [1.165, 1.54) is 17.3 Å². The van der Waals surface area contributed by atoms with Crippen LogP contribution in [0.15, 0.2) is 73.1 Å². The first-order chi connectivity index (χ1) is 13.2. The molecule has 5 heteroatoms. The molecule has 2 aromatic carbocycles. The van der Waals surface area contributed by atoms with Gasteiger partial charge in [0.2, 0.25) is 0 Å². The summed E-state index contributed by atoms with van der Waals surface area (Å²) in [7, 11) is 0. The number of hydrogen-bond donors (Lipinski definition) is 1. The number of rotatable bonds is 3. The van der Waals surface area contributed by atoms with Crippen molar-refractivity contribution < 1.29 is 9.59 Å². The molecule has 0 radical (unpaired) electrons. The van der Waals surface area contributed by atoms with Crippen LogP contribution >= 0.6 is 0 Å². The van der Waals surface area contributed by atoms with Gasteiger partial charge in [0.05, 0.1) is 5.56 Å². The van der Waals surface area contributed by atoms with E-state index in [2.05, 4.69) is 22.4 Å². The van der Waals surface area contributed by atoms with Crippen molar-refractivity contribution in [3.8, 4) is 0 Å². The van der Waals surface area contributed by atoms with E-state index in [1.807, 2.05) is 17.0 Å². The molecule has 3 aromatic rings. The molecule has 0 saturated heterocycles. The number of nitrogens with one attached hydrogen (secondary N) is 1. The zero-order valence-corrected chi connectivity index (χ0v) is 14.8. The van der Waals surface area contributed by atoms with Gasteiger partial charge in [-0.25, -0.2) is 0 Å².